The van der Waals surface area contributed by atoms with Crippen molar-refractivity contribution in [3.05, 3.63) is 139 Å². The van der Waals surface area contributed by atoms with E-state index in [-0.39, 0.29) is 23.7 Å². The first-order chi connectivity index (χ1) is 27.5. The molecule has 0 unspecified atom stereocenters. The minimum atomic E-state index is -1.08. The minimum Gasteiger partial charge on any atom is -0.481 e. The summed E-state index contributed by atoms with van der Waals surface area (Å²) in [7, 11) is 0. The highest BCUT2D eigenvalue weighted by Gasteiger charge is 2.46. The summed E-state index contributed by atoms with van der Waals surface area (Å²) in [5, 5.41) is 20.8. The number of morpholine rings is 2. The van der Waals surface area contributed by atoms with Crippen LogP contribution in [0, 0.1) is 11.8 Å². The number of carbonyl (C=O) groups is 4. The Hall–Kier alpha value is -4.16. The Bertz CT molecular complexity index is 1920. The van der Waals surface area contributed by atoms with Crippen molar-refractivity contribution in [2.45, 2.75) is 77.0 Å². The number of ether oxygens (including phenoxy) is 2. The molecule has 0 bridgehead atoms. The van der Waals surface area contributed by atoms with Crippen LogP contribution >= 0.6 is 46.4 Å². The zero-order chi connectivity index (χ0) is 42.3. The van der Waals surface area contributed by atoms with Gasteiger partial charge in [-0.1, -0.05) is 123 Å². The molecule has 4 aromatic rings. The second-order valence-electron chi connectivity index (χ2n) is 15.2. The normalized spacial score (nSPS) is 22.2. The second kappa shape index (κ2) is 20.2. The number of aliphatic carboxylic acids is 2. The van der Waals surface area contributed by atoms with Gasteiger partial charge in [0.15, 0.2) is 0 Å². The average molecular weight is 873 g/mol. The summed E-state index contributed by atoms with van der Waals surface area (Å²) in [5.41, 5.74) is 3.30. The molecule has 0 saturated carbocycles. The molecule has 2 aliphatic rings. The van der Waals surface area contributed by atoms with Gasteiger partial charge in [-0.2, -0.15) is 0 Å². The van der Waals surface area contributed by atoms with Crippen molar-refractivity contribution in [2.75, 3.05) is 13.1 Å². The summed E-state index contributed by atoms with van der Waals surface area (Å²) in [4.78, 5) is 52.5. The summed E-state index contributed by atoms with van der Waals surface area (Å²) in [6.45, 7) is 9.01. The molecule has 0 aromatic heterocycles. The lowest BCUT2D eigenvalue weighted by molar-refractivity contribution is -0.179. The van der Waals surface area contributed by atoms with E-state index in [0.717, 1.165) is 22.3 Å². The maximum Gasteiger partial charge on any atom is 0.306 e. The summed E-state index contributed by atoms with van der Waals surface area (Å²) < 4.78 is 12.2. The van der Waals surface area contributed by atoms with E-state index in [0.29, 0.717) is 33.2 Å². The lowest BCUT2D eigenvalue weighted by atomic mass is 9.90. The van der Waals surface area contributed by atoms with Crippen LogP contribution in [0.25, 0.3) is 0 Å². The molecule has 2 amide bonds. The molecular formula is C44H46Cl4N2O8. The number of hydrogen-bond donors (Lipinski definition) is 2. The molecule has 10 nitrogen and oxygen atoms in total. The van der Waals surface area contributed by atoms with Crippen molar-refractivity contribution >= 4 is 70.2 Å². The van der Waals surface area contributed by atoms with Crippen molar-refractivity contribution < 1.29 is 38.9 Å². The smallest absolute Gasteiger partial charge is 0.306 e. The van der Waals surface area contributed by atoms with Gasteiger partial charge in [0, 0.05) is 33.2 Å². The van der Waals surface area contributed by atoms with Crippen molar-refractivity contribution in [3.8, 4) is 0 Å². The fraction of sp³-hybridized carbons (Fsp3) is 0.364. The van der Waals surface area contributed by atoms with Gasteiger partial charge in [-0.05, 0) is 82.6 Å². The van der Waals surface area contributed by atoms with Crippen molar-refractivity contribution in [1.82, 2.24) is 9.80 Å². The quantitative estimate of drug-likeness (QED) is 0.144. The number of benzene rings is 4. The third-order valence-corrected chi connectivity index (χ3v) is 10.6. The topological polar surface area (TPSA) is 134 Å². The van der Waals surface area contributed by atoms with Gasteiger partial charge in [0.25, 0.3) is 11.8 Å². The molecule has 2 saturated heterocycles. The Morgan fingerprint density at radius 1 is 0.552 bits per heavy atom. The molecule has 2 fully saturated rings. The Kier molecular flexibility index (Phi) is 15.7. The van der Waals surface area contributed by atoms with Crippen molar-refractivity contribution in [3.63, 3.8) is 0 Å². The van der Waals surface area contributed by atoms with Gasteiger partial charge in [0.1, 0.15) is 24.4 Å². The number of carbonyl (C=O) groups excluding carboxylic acids is 2. The first-order valence-electron chi connectivity index (χ1n) is 18.9. The van der Waals surface area contributed by atoms with Gasteiger partial charge < -0.3 is 29.5 Å². The first-order valence-corrected chi connectivity index (χ1v) is 20.4. The number of carboxylic acid groups (broad SMARTS) is 2. The predicted octanol–water partition coefficient (Wildman–Crippen LogP) is 10.3. The zero-order valence-electron chi connectivity index (χ0n) is 32.4. The highest BCUT2D eigenvalue weighted by Crippen LogP contribution is 2.45. The number of nitrogens with zero attached hydrogens (tertiary/aromatic N) is 2. The largest absolute Gasteiger partial charge is 0.481 e. The van der Waals surface area contributed by atoms with Crippen LogP contribution in [-0.2, 0) is 28.7 Å². The molecule has 0 radical (unpaired) electrons. The van der Waals surface area contributed by atoms with Crippen LogP contribution in [0.1, 0.15) is 87.1 Å². The number of halogens is 4. The number of amides is 2. The highest BCUT2D eigenvalue weighted by atomic mass is 35.5. The molecule has 58 heavy (non-hydrogen) atoms. The summed E-state index contributed by atoms with van der Waals surface area (Å²) >= 11 is 24.5. The maximum atomic E-state index is 13.2. The fourth-order valence-corrected chi connectivity index (χ4v) is 7.94. The van der Waals surface area contributed by atoms with E-state index in [1.807, 2.05) is 76.2 Å². The predicted molar refractivity (Wildman–Crippen MR) is 224 cm³/mol. The van der Waals surface area contributed by atoms with Crippen LogP contribution < -0.4 is 0 Å². The van der Waals surface area contributed by atoms with Gasteiger partial charge in [0.2, 0.25) is 0 Å². The van der Waals surface area contributed by atoms with Crippen molar-refractivity contribution in [1.29, 1.82) is 0 Å². The molecule has 0 aliphatic carbocycles. The van der Waals surface area contributed by atoms with E-state index in [2.05, 4.69) is 0 Å². The summed E-state index contributed by atoms with van der Waals surface area (Å²) in [6, 6.07) is 28.2. The van der Waals surface area contributed by atoms with Gasteiger partial charge >= 0.3 is 11.9 Å². The minimum absolute atomic E-state index is 0.192. The standard InChI is InChI=1S/2C22H23Cl2NO4/c2*1-13(2)12-25-20(14-6-8-16(23)9-7-14)21(15-4-3-5-17(24)10-15)29-18(22(25)28)11-19(26)27/h2*3-10,13,18,20-21H,11-12H2,1-2H3,(H,26,27)/t2*18-,20+,21-/m10/s1. The lowest BCUT2D eigenvalue weighted by Crippen LogP contribution is -2.52. The molecule has 2 heterocycles. The number of hydrogen-bond acceptors (Lipinski definition) is 6. The van der Waals surface area contributed by atoms with Crippen LogP contribution in [0.2, 0.25) is 20.1 Å². The fourth-order valence-electron chi connectivity index (χ4n) is 7.29. The van der Waals surface area contributed by atoms with E-state index in [9.17, 15) is 29.4 Å². The number of carboxylic acids is 2. The SMILES string of the molecule is CC(C)CN1C(=O)[C@@H](CC(=O)O)O[C@H](c2cccc(Cl)c2)[C@@H]1c1ccc(Cl)cc1.CC(C)CN1C(=O)[C@H](CC(=O)O)O[C@@H](c2cccc(Cl)c2)[C@H]1c1ccc(Cl)cc1. The second-order valence-corrected chi connectivity index (χ2v) is 16.9. The Morgan fingerprint density at radius 2 is 0.897 bits per heavy atom. The van der Waals surface area contributed by atoms with Crippen LogP contribution in [0.15, 0.2) is 97.1 Å². The molecule has 6 rings (SSSR count). The highest BCUT2D eigenvalue weighted by molar-refractivity contribution is 6.31. The molecule has 0 spiro atoms. The third-order valence-electron chi connectivity index (χ3n) is 9.61. The molecule has 2 N–H and O–H groups in total. The van der Waals surface area contributed by atoms with E-state index >= 15 is 0 Å². The van der Waals surface area contributed by atoms with E-state index in [4.69, 9.17) is 55.9 Å². The molecular weight excluding hydrogens is 826 g/mol. The Balaban J connectivity index is 0.000000221. The van der Waals surface area contributed by atoms with Gasteiger partial charge in [-0.25, -0.2) is 0 Å². The summed E-state index contributed by atoms with van der Waals surface area (Å²) in [5.74, 6) is -2.42. The van der Waals surface area contributed by atoms with Crippen LogP contribution in [0.3, 0.4) is 0 Å². The van der Waals surface area contributed by atoms with Gasteiger partial charge in [-0.15, -0.1) is 0 Å². The van der Waals surface area contributed by atoms with E-state index in [1.165, 1.54) is 0 Å². The Morgan fingerprint density at radius 3 is 1.19 bits per heavy atom. The summed E-state index contributed by atoms with van der Waals surface area (Å²) in [6.07, 6.45) is -4.01. The van der Waals surface area contributed by atoms with Gasteiger partial charge in [-0.3, -0.25) is 19.2 Å². The van der Waals surface area contributed by atoms with Crippen LogP contribution in [0.5, 0.6) is 0 Å². The molecule has 2 aliphatic heterocycles. The van der Waals surface area contributed by atoms with Crippen LogP contribution in [0.4, 0.5) is 0 Å². The van der Waals surface area contributed by atoms with Crippen molar-refractivity contribution in [2.24, 2.45) is 11.8 Å². The average Bonchev–Trinajstić information content (AvgIpc) is 3.15. The van der Waals surface area contributed by atoms with E-state index < -0.39 is 61.3 Å². The van der Waals surface area contributed by atoms with Crippen LogP contribution in [-0.4, -0.2) is 69.1 Å². The third kappa shape index (κ3) is 11.5. The molecule has 308 valence electrons. The first kappa shape index (κ1) is 44.9. The van der Waals surface area contributed by atoms with Gasteiger partial charge in [0.05, 0.1) is 24.9 Å². The zero-order valence-corrected chi connectivity index (χ0v) is 35.5. The molecule has 4 aromatic carbocycles. The molecule has 14 heteroatoms. The number of rotatable bonds is 12. The monoisotopic (exact) mass is 870 g/mol. The molecule has 6 atom stereocenters. The lowest BCUT2D eigenvalue weighted by Gasteiger charge is -2.45. The Labute approximate surface area is 358 Å². The van der Waals surface area contributed by atoms with E-state index in [1.54, 1.807) is 58.3 Å². The maximum absolute atomic E-state index is 13.2.